The Bertz CT molecular complexity index is 803. The van der Waals surface area contributed by atoms with E-state index in [0.29, 0.717) is 27.3 Å². The van der Waals surface area contributed by atoms with Crippen LogP contribution in [0.4, 0.5) is 10.1 Å². The number of hydrogen-bond acceptors (Lipinski definition) is 4. The smallest absolute Gasteiger partial charge is 0.282 e. The molecule has 0 bridgehead atoms. The van der Waals surface area contributed by atoms with Crippen LogP contribution in [0, 0.1) is 5.82 Å². The summed E-state index contributed by atoms with van der Waals surface area (Å²) in [4.78, 5) is 14.2. The van der Waals surface area contributed by atoms with Crippen LogP contribution in [0.2, 0.25) is 5.02 Å². The van der Waals surface area contributed by atoms with Gasteiger partial charge >= 0.3 is 0 Å². The highest BCUT2D eigenvalue weighted by molar-refractivity contribution is 9.10. The first-order valence-corrected chi connectivity index (χ1v) is 9.29. The zero-order valence-electron chi connectivity index (χ0n) is 13.8. The lowest BCUT2D eigenvalue weighted by Crippen LogP contribution is -2.32. The molecule has 5 nitrogen and oxygen atoms in total. The monoisotopic (exact) mass is 428 g/mol. The van der Waals surface area contributed by atoms with Gasteiger partial charge in [0.15, 0.2) is 0 Å². The van der Waals surface area contributed by atoms with Crippen molar-refractivity contribution in [3.63, 3.8) is 0 Å². The van der Waals surface area contributed by atoms with Crippen molar-refractivity contribution in [2.45, 2.75) is 18.9 Å². The molecule has 0 amide bonds. The van der Waals surface area contributed by atoms with Gasteiger partial charge in [-0.25, -0.2) is 9.07 Å². The maximum atomic E-state index is 14.5. The van der Waals surface area contributed by atoms with E-state index in [2.05, 4.69) is 31.2 Å². The lowest BCUT2D eigenvalue weighted by molar-refractivity contribution is 0.250. The first kappa shape index (κ1) is 18.4. The predicted molar refractivity (Wildman–Crippen MR) is 101 cm³/mol. The number of nitrogens with zero attached hydrogens (tertiary/aromatic N) is 3. The minimum Gasteiger partial charge on any atom is -0.381 e. The van der Waals surface area contributed by atoms with Gasteiger partial charge in [-0.15, -0.1) is 0 Å². The van der Waals surface area contributed by atoms with Gasteiger partial charge in [0.05, 0.1) is 17.9 Å². The number of aryl methyl sites for hydroxylation is 1. The largest absolute Gasteiger partial charge is 0.381 e. The molecule has 1 N–H and O–H groups in total. The van der Waals surface area contributed by atoms with E-state index < -0.39 is 0 Å². The van der Waals surface area contributed by atoms with Gasteiger partial charge < -0.3 is 5.32 Å². The standard InChI is InChI=1S/C17H19BrClFN4O/c1-23-17(25)16(18)13(9-22-23)21-10-14(24-7-2-3-8-24)15-11(19)5-4-6-12(15)20/h4-6,9,14,21H,2-3,7-8,10H2,1H3. The summed E-state index contributed by atoms with van der Waals surface area (Å²) in [6, 6.07) is 4.53. The molecular formula is C17H19BrClFN4O. The van der Waals surface area contributed by atoms with Gasteiger partial charge in [-0.1, -0.05) is 17.7 Å². The Hall–Kier alpha value is -1.44. The van der Waals surface area contributed by atoms with Gasteiger partial charge in [-0.3, -0.25) is 9.69 Å². The third kappa shape index (κ3) is 3.88. The molecule has 2 aromatic rings. The van der Waals surface area contributed by atoms with Gasteiger partial charge in [0.1, 0.15) is 10.3 Å². The number of rotatable bonds is 5. The van der Waals surface area contributed by atoms with E-state index in [-0.39, 0.29) is 17.4 Å². The van der Waals surface area contributed by atoms with Gasteiger partial charge in [0.25, 0.3) is 5.56 Å². The molecular weight excluding hydrogens is 411 g/mol. The minimum absolute atomic E-state index is 0.216. The summed E-state index contributed by atoms with van der Waals surface area (Å²) in [6.45, 7) is 2.22. The van der Waals surface area contributed by atoms with Crippen LogP contribution in [0.5, 0.6) is 0 Å². The topological polar surface area (TPSA) is 50.2 Å². The van der Waals surface area contributed by atoms with Crippen LogP contribution in [0.1, 0.15) is 24.4 Å². The Balaban J connectivity index is 1.89. The van der Waals surface area contributed by atoms with Crippen molar-refractivity contribution in [2.75, 3.05) is 25.0 Å². The van der Waals surface area contributed by atoms with Gasteiger partial charge in [-0.05, 0) is 54.0 Å². The van der Waals surface area contributed by atoms with Crippen LogP contribution >= 0.6 is 27.5 Å². The van der Waals surface area contributed by atoms with Crippen molar-refractivity contribution < 1.29 is 4.39 Å². The van der Waals surface area contributed by atoms with Crippen LogP contribution in [-0.4, -0.2) is 34.3 Å². The van der Waals surface area contributed by atoms with E-state index in [9.17, 15) is 9.18 Å². The number of nitrogens with one attached hydrogen (secondary N) is 1. The second kappa shape index (κ2) is 7.85. The SMILES string of the molecule is Cn1ncc(NCC(c2c(F)cccc2Cl)N2CCCC2)c(Br)c1=O. The normalized spacial score (nSPS) is 16.2. The van der Waals surface area contributed by atoms with Crippen molar-refractivity contribution in [1.82, 2.24) is 14.7 Å². The Kier molecular flexibility index (Phi) is 5.76. The molecule has 0 radical (unpaired) electrons. The summed E-state index contributed by atoms with van der Waals surface area (Å²) in [7, 11) is 1.59. The van der Waals surface area contributed by atoms with E-state index in [1.54, 1.807) is 25.4 Å². The molecule has 8 heteroatoms. The minimum atomic E-state index is -0.313. The number of anilines is 1. The molecule has 1 aromatic carbocycles. The number of hydrogen-bond donors (Lipinski definition) is 1. The maximum absolute atomic E-state index is 14.5. The fraction of sp³-hybridized carbons (Fsp3) is 0.412. The van der Waals surface area contributed by atoms with Crippen LogP contribution in [0.25, 0.3) is 0 Å². The Labute approximate surface area is 158 Å². The second-order valence-corrected chi connectivity index (χ2v) is 7.28. The molecule has 0 aliphatic carbocycles. The van der Waals surface area contributed by atoms with Crippen LogP contribution in [-0.2, 0) is 7.05 Å². The number of aromatic nitrogens is 2. The molecule has 1 saturated heterocycles. The second-order valence-electron chi connectivity index (χ2n) is 6.08. The average Bonchev–Trinajstić information content (AvgIpc) is 3.11. The molecule has 2 heterocycles. The summed E-state index contributed by atoms with van der Waals surface area (Å²) in [6.07, 6.45) is 3.74. The molecule has 3 rings (SSSR count). The van der Waals surface area contributed by atoms with Gasteiger partial charge in [0.2, 0.25) is 0 Å². The van der Waals surface area contributed by atoms with Crippen LogP contribution in [0.15, 0.2) is 33.7 Å². The van der Waals surface area contributed by atoms with E-state index in [0.717, 1.165) is 25.9 Å². The Morgan fingerprint density at radius 1 is 1.40 bits per heavy atom. The third-order valence-electron chi connectivity index (χ3n) is 4.48. The van der Waals surface area contributed by atoms with Crippen molar-refractivity contribution in [1.29, 1.82) is 0 Å². The highest BCUT2D eigenvalue weighted by Crippen LogP contribution is 2.33. The summed E-state index contributed by atoms with van der Waals surface area (Å²) in [5, 5.41) is 7.66. The number of benzene rings is 1. The quantitative estimate of drug-likeness (QED) is 0.789. The molecule has 1 aliphatic rings. The number of halogens is 3. The Morgan fingerprint density at radius 2 is 2.12 bits per heavy atom. The molecule has 1 atom stereocenters. The van der Waals surface area contributed by atoms with E-state index in [4.69, 9.17) is 11.6 Å². The first-order valence-electron chi connectivity index (χ1n) is 8.12. The fourth-order valence-corrected chi connectivity index (χ4v) is 3.92. The molecule has 1 fully saturated rings. The highest BCUT2D eigenvalue weighted by atomic mass is 79.9. The summed E-state index contributed by atoms with van der Waals surface area (Å²) in [5.74, 6) is -0.313. The predicted octanol–water partition coefficient (Wildman–Crippen LogP) is 3.58. The molecule has 25 heavy (non-hydrogen) atoms. The zero-order chi connectivity index (χ0) is 18.0. The lowest BCUT2D eigenvalue weighted by Gasteiger charge is -2.29. The van der Waals surface area contributed by atoms with Gasteiger partial charge in [-0.2, -0.15) is 5.10 Å². The first-order chi connectivity index (χ1) is 12.0. The van der Waals surface area contributed by atoms with E-state index in [1.165, 1.54) is 10.7 Å². The summed E-state index contributed by atoms with van der Waals surface area (Å²) in [5.41, 5.74) is 0.845. The Morgan fingerprint density at radius 3 is 2.80 bits per heavy atom. The fourth-order valence-electron chi connectivity index (χ4n) is 3.14. The number of likely N-dealkylation sites (tertiary alicyclic amines) is 1. The van der Waals surface area contributed by atoms with Crippen molar-refractivity contribution in [3.8, 4) is 0 Å². The third-order valence-corrected chi connectivity index (χ3v) is 5.57. The maximum Gasteiger partial charge on any atom is 0.282 e. The van der Waals surface area contributed by atoms with E-state index >= 15 is 0 Å². The molecule has 1 aromatic heterocycles. The highest BCUT2D eigenvalue weighted by Gasteiger charge is 2.27. The lowest BCUT2D eigenvalue weighted by atomic mass is 10.0. The van der Waals surface area contributed by atoms with Crippen LogP contribution in [0.3, 0.4) is 0 Å². The van der Waals surface area contributed by atoms with E-state index in [1.807, 2.05) is 0 Å². The average molecular weight is 430 g/mol. The molecule has 0 spiro atoms. The van der Waals surface area contributed by atoms with Crippen molar-refractivity contribution in [2.24, 2.45) is 7.05 Å². The summed E-state index contributed by atoms with van der Waals surface area (Å²) >= 11 is 9.59. The molecule has 0 saturated carbocycles. The van der Waals surface area contributed by atoms with Crippen molar-refractivity contribution >= 4 is 33.2 Å². The molecule has 134 valence electrons. The summed E-state index contributed by atoms with van der Waals surface area (Å²) < 4.78 is 16.1. The van der Waals surface area contributed by atoms with Crippen LogP contribution < -0.4 is 10.9 Å². The van der Waals surface area contributed by atoms with Crippen molar-refractivity contribution in [3.05, 3.63) is 55.6 Å². The van der Waals surface area contributed by atoms with Gasteiger partial charge in [0, 0.05) is 24.2 Å². The molecule has 1 aliphatic heterocycles. The molecule has 1 unspecified atom stereocenters. The zero-order valence-corrected chi connectivity index (χ0v) is 16.1.